The lowest BCUT2D eigenvalue weighted by atomic mass is 10.1. The SMILES string of the molecule is CCCCCCCCCCCCP(C=C(c1ccccn1)c1ccccn1)CCCCCCCCCCCC. The number of aromatic nitrogens is 2. The maximum atomic E-state index is 4.72. The highest BCUT2D eigenvalue weighted by Crippen LogP contribution is 2.43. The molecule has 2 heterocycles. The number of nitrogens with zero attached hydrogens (tertiary/aromatic N) is 2. The predicted octanol–water partition coefficient (Wildman–Crippen LogP) is 12.2. The van der Waals surface area contributed by atoms with E-state index < -0.39 is 0 Å². The van der Waals surface area contributed by atoms with Gasteiger partial charge in [-0.15, -0.1) is 0 Å². The van der Waals surface area contributed by atoms with E-state index in [0.29, 0.717) is 0 Å². The van der Waals surface area contributed by atoms with Crippen LogP contribution in [0.25, 0.3) is 5.57 Å². The first-order chi connectivity index (χ1) is 19.3. The van der Waals surface area contributed by atoms with Crippen LogP contribution in [-0.2, 0) is 0 Å². The molecule has 2 rings (SSSR count). The Morgan fingerprint density at radius 1 is 0.513 bits per heavy atom. The van der Waals surface area contributed by atoms with Crippen LogP contribution in [0.3, 0.4) is 0 Å². The minimum absolute atomic E-state index is 0.158. The van der Waals surface area contributed by atoms with Gasteiger partial charge >= 0.3 is 0 Å². The average molecular weight is 551 g/mol. The van der Waals surface area contributed by atoms with Gasteiger partial charge in [-0.25, -0.2) is 0 Å². The summed E-state index contributed by atoms with van der Waals surface area (Å²) < 4.78 is 0. The fourth-order valence-electron chi connectivity index (χ4n) is 5.34. The van der Waals surface area contributed by atoms with Crippen molar-refractivity contribution in [2.45, 2.75) is 142 Å². The highest BCUT2D eigenvalue weighted by molar-refractivity contribution is 7.61. The maximum absolute atomic E-state index is 4.72. The average Bonchev–Trinajstić information content (AvgIpc) is 2.98. The van der Waals surface area contributed by atoms with Gasteiger partial charge in [-0.05, 0) is 55.2 Å². The third-order valence-corrected chi connectivity index (χ3v) is 10.2. The second kappa shape index (κ2) is 24.3. The van der Waals surface area contributed by atoms with Crippen molar-refractivity contribution in [3.05, 3.63) is 66.0 Å². The number of unbranched alkanes of at least 4 members (excludes halogenated alkanes) is 18. The highest BCUT2D eigenvalue weighted by Gasteiger charge is 2.12. The molecule has 0 aliphatic heterocycles. The molecule has 218 valence electrons. The molecule has 0 atom stereocenters. The van der Waals surface area contributed by atoms with Gasteiger partial charge in [0.25, 0.3) is 0 Å². The van der Waals surface area contributed by atoms with Gasteiger partial charge in [0.1, 0.15) is 0 Å². The molecule has 2 aromatic heterocycles. The van der Waals surface area contributed by atoms with Crippen LogP contribution in [0, 0.1) is 0 Å². The van der Waals surface area contributed by atoms with E-state index in [1.54, 1.807) is 0 Å². The lowest BCUT2D eigenvalue weighted by Crippen LogP contribution is -1.96. The molecule has 3 heteroatoms. The van der Waals surface area contributed by atoms with Crippen molar-refractivity contribution >= 4 is 13.5 Å². The van der Waals surface area contributed by atoms with Gasteiger partial charge in [0.05, 0.1) is 11.4 Å². The molecule has 0 bridgehead atoms. The lowest BCUT2D eigenvalue weighted by molar-refractivity contribution is 0.561. The molecular weight excluding hydrogens is 491 g/mol. The second-order valence-corrected chi connectivity index (χ2v) is 13.7. The van der Waals surface area contributed by atoms with Gasteiger partial charge < -0.3 is 0 Å². The van der Waals surface area contributed by atoms with E-state index in [1.807, 2.05) is 24.5 Å². The summed E-state index contributed by atoms with van der Waals surface area (Å²) in [6, 6.07) is 12.5. The molecule has 0 aromatic carbocycles. The zero-order chi connectivity index (χ0) is 27.6. The smallest absolute Gasteiger partial charge is 0.0724 e. The van der Waals surface area contributed by atoms with E-state index in [0.717, 1.165) is 11.4 Å². The summed E-state index contributed by atoms with van der Waals surface area (Å²) in [6.07, 6.45) is 34.7. The van der Waals surface area contributed by atoms with Gasteiger partial charge in [-0.2, -0.15) is 0 Å². The van der Waals surface area contributed by atoms with Crippen molar-refractivity contribution in [1.29, 1.82) is 0 Å². The van der Waals surface area contributed by atoms with Crippen molar-refractivity contribution in [3.8, 4) is 0 Å². The van der Waals surface area contributed by atoms with Crippen LogP contribution in [0.15, 0.2) is 54.6 Å². The Morgan fingerprint density at radius 2 is 0.872 bits per heavy atom. The molecule has 0 saturated carbocycles. The van der Waals surface area contributed by atoms with Crippen LogP contribution in [0.2, 0.25) is 0 Å². The maximum Gasteiger partial charge on any atom is 0.0724 e. The van der Waals surface area contributed by atoms with Crippen molar-refractivity contribution in [2.24, 2.45) is 0 Å². The monoisotopic (exact) mass is 550 g/mol. The highest BCUT2D eigenvalue weighted by atomic mass is 31.1. The summed E-state index contributed by atoms with van der Waals surface area (Å²) in [7, 11) is -0.158. The van der Waals surface area contributed by atoms with Gasteiger partial charge in [-0.1, -0.05) is 149 Å². The molecule has 0 radical (unpaired) electrons. The van der Waals surface area contributed by atoms with E-state index in [9.17, 15) is 0 Å². The summed E-state index contributed by atoms with van der Waals surface area (Å²) in [6.45, 7) is 4.60. The number of hydrogen-bond donors (Lipinski definition) is 0. The Bertz CT molecular complexity index is 755. The van der Waals surface area contributed by atoms with Gasteiger partial charge in [0.15, 0.2) is 0 Å². The zero-order valence-corrected chi connectivity index (χ0v) is 26.5. The number of hydrogen-bond acceptors (Lipinski definition) is 2. The molecule has 2 nitrogen and oxygen atoms in total. The van der Waals surface area contributed by atoms with E-state index in [4.69, 9.17) is 9.97 Å². The molecule has 0 fully saturated rings. The third-order valence-electron chi connectivity index (χ3n) is 7.79. The van der Waals surface area contributed by atoms with Crippen LogP contribution in [-0.4, -0.2) is 22.3 Å². The lowest BCUT2D eigenvalue weighted by Gasteiger charge is -2.17. The van der Waals surface area contributed by atoms with E-state index >= 15 is 0 Å². The third kappa shape index (κ3) is 17.0. The Kier molecular flexibility index (Phi) is 21.0. The van der Waals surface area contributed by atoms with Crippen molar-refractivity contribution in [2.75, 3.05) is 12.3 Å². The normalized spacial score (nSPS) is 11.3. The van der Waals surface area contributed by atoms with E-state index in [2.05, 4.69) is 43.9 Å². The zero-order valence-electron chi connectivity index (χ0n) is 25.6. The number of rotatable bonds is 25. The fourth-order valence-corrected chi connectivity index (χ4v) is 7.71. The predicted molar refractivity (Wildman–Crippen MR) is 176 cm³/mol. The molecule has 0 unspecified atom stereocenters. The van der Waals surface area contributed by atoms with Gasteiger partial charge in [0, 0.05) is 18.0 Å². The summed E-state index contributed by atoms with van der Waals surface area (Å²) in [4.78, 5) is 9.45. The van der Waals surface area contributed by atoms with E-state index in [-0.39, 0.29) is 7.92 Å². The molecule has 0 amide bonds. The molecule has 0 aliphatic rings. The molecule has 0 aliphatic carbocycles. The van der Waals surface area contributed by atoms with Gasteiger partial charge in [0.2, 0.25) is 0 Å². The molecular formula is C36H59N2P. The first kappa shape index (κ1) is 33.7. The second-order valence-electron chi connectivity index (χ2n) is 11.4. The topological polar surface area (TPSA) is 25.8 Å². The van der Waals surface area contributed by atoms with Crippen molar-refractivity contribution < 1.29 is 0 Å². The summed E-state index contributed by atoms with van der Waals surface area (Å²) in [5.74, 6) is 2.58. The minimum Gasteiger partial charge on any atom is -0.256 e. The Morgan fingerprint density at radius 3 is 1.21 bits per heavy atom. The Labute approximate surface area is 243 Å². The van der Waals surface area contributed by atoms with Crippen molar-refractivity contribution in [3.63, 3.8) is 0 Å². The number of pyridine rings is 2. The molecule has 39 heavy (non-hydrogen) atoms. The first-order valence-electron chi connectivity index (χ1n) is 16.6. The van der Waals surface area contributed by atoms with Crippen molar-refractivity contribution in [1.82, 2.24) is 9.97 Å². The fraction of sp³-hybridized carbons (Fsp3) is 0.667. The Balaban J connectivity index is 1.86. The summed E-state index contributed by atoms with van der Waals surface area (Å²) in [5.41, 5.74) is 3.37. The summed E-state index contributed by atoms with van der Waals surface area (Å²) >= 11 is 0. The van der Waals surface area contributed by atoms with Crippen LogP contribution < -0.4 is 0 Å². The molecule has 0 saturated heterocycles. The van der Waals surface area contributed by atoms with Crippen LogP contribution in [0.1, 0.15) is 154 Å². The van der Waals surface area contributed by atoms with E-state index in [1.165, 1.54) is 146 Å². The molecule has 0 N–H and O–H groups in total. The largest absolute Gasteiger partial charge is 0.256 e. The standard InChI is InChI=1S/C36H59N2P/c1-3-5-7-9-11-13-15-17-19-25-31-39(32-26-20-18-16-14-12-10-8-6-4-2)33-34(35-27-21-23-29-37-35)36-28-22-24-30-38-36/h21-24,27-30,33H,3-20,25-26,31-32H2,1-2H3. The molecule has 2 aromatic rings. The van der Waals surface area contributed by atoms with Crippen LogP contribution in [0.4, 0.5) is 0 Å². The first-order valence-corrected chi connectivity index (χ1v) is 18.4. The summed E-state index contributed by atoms with van der Waals surface area (Å²) in [5, 5.41) is 0. The minimum atomic E-state index is -0.158. The Hall–Kier alpha value is -1.53. The quantitative estimate of drug-likeness (QED) is 0.0907. The molecule has 0 spiro atoms. The van der Waals surface area contributed by atoms with Gasteiger partial charge in [-0.3, -0.25) is 9.97 Å². The van der Waals surface area contributed by atoms with Crippen LogP contribution in [0.5, 0.6) is 0 Å². The van der Waals surface area contributed by atoms with Crippen LogP contribution >= 0.6 is 7.92 Å².